The van der Waals surface area contributed by atoms with Gasteiger partial charge in [-0.15, -0.1) is 5.10 Å². The SMILES string of the molecule is O=C1CCC(N2Cc3cc(-n4cc(C(=O)NC5(CO)CCC(=O)NC5=O)nn4)ccc3C2=O)C(=O)N1. The van der Waals surface area contributed by atoms with Crippen LogP contribution in [0.4, 0.5) is 0 Å². The number of amides is 6. The lowest BCUT2D eigenvalue weighted by Crippen LogP contribution is -2.65. The van der Waals surface area contributed by atoms with Gasteiger partial charge in [-0.3, -0.25) is 39.4 Å². The number of aliphatic hydroxyl groups is 1. The molecule has 0 bridgehead atoms. The van der Waals surface area contributed by atoms with Gasteiger partial charge in [-0.2, -0.15) is 0 Å². The summed E-state index contributed by atoms with van der Waals surface area (Å²) in [6.45, 7) is -0.530. The van der Waals surface area contributed by atoms with Crippen LogP contribution >= 0.6 is 0 Å². The zero-order chi connectivity index (χ0) is 25.6. The number of carbonyl (C=O) groups excluding carboxylic acids is 6. The smallest absolute Gasteiger partial charge is 0.274 e. The molecule has 36 heavy (non-hydrogen) atoms. The van der Waals surface area contributed by atoms with Gasteiger partial charge in [-0.1, -0.05) is 5.21 Å². The van der Waals surface area contributed by atoms with Crippen LogP contribution in [0.5, 0.6) is 0 Å². The molecule has 14 heteroatoms. The molecule has 2 fully saturated rings. The molecule has 4 N–H and O–H groups in total. The Morgan fingerprint density at radius 3 is 2.64 bits per heavy atom. The summed E-state index contributed by atoms with van der Waals surface area (Å²) < 4.78 is 1.31. The Morgan fingerprint density at radius 2 is 1.92 bits per heavy atom. The number of imide groups is 2. The van der Waals surface area contributed by atoms with Crippen LogP contribution in [0.1, 0.15) is 52.1 Å². The van der Waals surface area contributed by atoms with E-state index in [9.17, 15) is 33.9 Å². The highest BCUT2D eigenvalue weighted by Crippen LogP contribution is 2.29. The molecule has 0 saturated carbocycles. The van der Waals surface area contributed by atoms with Crippen LogP contribution in [0.25, 0.3) is 5.69 Å². The molecule has 2 unspecified atom stereocenters. The molecule has 3 aliphatic heterocycles. The molecular formula is C22H21N7O7. The zero-order valence-electron chi connectivity index (χ0n) is 18.8. The van der Waals surface area contributed by atoms with Gasteiger partial charge in [0.2, 0.25) is 17.7 Å². The average Bonchev–Trinajstić information content (AvgIpc) is 3.46. The van der Waals surface area contributed by atoms with Crippen molar-refractivity contribution in [2.75, 3.05) is 6.61 Å². The van der Waals surface area contributed by atoms with Crippen molar-refractivity contribution in [1.82, 2.24) is 35.8 Å². The maximum absolute atomic E-state index is 12.9. The predicted octanol–water partition coefficient (Wildman–Crippen LogP) is -2.07. The van der Waals surface area contributed by atoms with Gasteiger partial charge in [0.15, 0.2) is 5.69 Å². The van der Waals surface area contributed by atoms with Gasteiger partial charge >= 0.3 is 0 Å². The number of hydrogen-bond acceptors (Lipinski definition) is 9. The fraction of sp³-hybridized carbons (Fsp3) is 0.364. The third-order valence-electron chi connectivity index (χ3n) is 6.59. The van der Waals surface area contributed by atoms with Gasteiger partial charge in [0.1, 0.15) is 11.6 Å². The van der Waals surface area contributed by atoms with Crippen LogP contribution in [0.3, 0.4) is 0 Å². The summed E-state index contributed by atoms with van der Waals surface area (Å²) in [5.41, 5.74) is -0.219. The van der Waals surface area contributed by atoms with Crippen LogP contribution in [0.2, 0.25) is 0 Å². The highest BCUT2D eigenvalue weighted by Gasteiger charge is 2.44. The second-order valence-corrected chi connectivity index (χ2v) is 8.86. The van der Waals surface area contributed by atoms with Crippen molar-refractivity contribution in [3.05, 3.63) is 41.2 Å². The summed E-state index contributed by atoms with van der Waals surface area (Å²) in [4.78, 5) is 74.3. The average molecular weight is 495 g/mol. The van der Waals surface area contributed by atoms with Crippen molar-refractivity contribution in [1.29, 1.82) is 0 Å². The van der Waals surface area contributed by atoms with Gasteiger partial charge in [0.05, 0.1) is 18.5 Å². The number of nitrogens with zero attached hydrogens (tertiary/aromatic N) is 4. The molecule has 14 nitrogen and oxygen atoms in total. The fourth-order valence-electron chi connectivity index (χ4n) is 4.54. The summed E-state index contributed by atoms with van der Waals surface area (Å²) in [5.74, 6) is -3.24. The number of hydrogen-bond donors (Lipinski definition) is 4. The lowest BCUT2D eigenvalue weighted by atomic mass is 9.89. The molecule has 1 aromatic heterocycles. The van der Waals surface area contributed by atoms with E-state index in [1.807, 2.05) is 0 Å². The van der Waals surface area contributed by atoms with Gasteiger partial charge < -0.3 is 15.3 Å². The molecular weight excluding hydrogens is 474 g/mol. The topological polar surface area (TPSA) is 193 Å². The van der Waals surface area contributed by atoms with Gasteiger partial charge in [-0.05, 0) is 36.6 Å². The Hall–Kier alpha value is -4.46. The molecule has 5 rings (SSSR count). The molecule has 6 amide bonds. The van der Waals surface area contributed by atoms with Crippen molar-refractivity contribution in [2.45, 2.75) is 43.8 Å². The summed E-state index contributed by atoms with van der Waals surface area (Å²) in [5, 5.41) is 24.3. The molecule has 0 spiro atoms. The maximum atomic E-state index is 12.9. The van der Waals surface area contributed by atoms with Crippen LogP contribution in [0, 0.1) is 0 Å². The molecule has 0 radical (unpaired) electrons. The van der Waals surface area contributed by atoms with Crippen molar-refractivity contribution in [2.24, 2.45) is 0 Å². The lowest BCUT2D eigenvalue weighted by molar-refractivity contribution is -0.140. The monoisotopic (exact) mass is 495 g/mol. The summed E-state index contributed by atoms with van der Waals surface area (Å²) >= 11 is 0. The normalized spacial score (nSPS) is 23.9. The van der Waals surface area contributed by atoms with Crippen molar-refractivity contribution >= 4 is 35.4 Å². The summed E-state index contributed by atoms with van der Waals surface area (Å²) in [7, 11) is 0. The van der Waals surface area contributed by atoms with Crippen LogP contribution in [-0.4, -0.2) is 78.6 Å². The van der Waals surface area contributed by atoms with E-state index >= 15 is 0 Å². The number of carbonyl (C=O) groups is 6. The highest BCUT2D eigenvalue weighted by atomic mass is 16.3. The van der Waals surface area contributed by atoms with E-state index in [0.29, 0.717) is 16.8 Å². The Labute approximate surface area is 203 Å². The molecule has 0 aliphatic carbocycles. The third kappa shape index (κ3) is 3.90. The van der Waals surface area contributed by atoms with E-state index < -0.39 is 41.8 Å². The van der Waals surface area contributed by atoms with E-state index in [0.717, 1.165) is 0 Å². The van der Waals surface area contributed by atoms with E-state index in [-0.39, 0.29) is 49.7 Å². The van der Waals surface area contributed by atoms with Crippen LogP contribution in [0.15, 0.2) is 24.4 Å². The van der Waals surface area contributed by atoms with Crippen molar-refractivity contribution in [3.8, 4) is 5.69 Å². The Bertz CT molecular complexity index is 1340. The second kappa shape index (κ2) is 8.64. The number of nitrogens with one attached hydrogen (secondary N) is 3. The molecule has 4 heterocycles. The van der Waals surface area contributed by atoms with Gasteiger partial charge in [0.25, 0.3) is 17.7 Å². The fourth-order valence-corrected chi connectivity index (χ4v) is 4.54. The first kappa shape index (κ1) is 23.3. The lowest BCUT2D eigenvalue weighted by Gasteiger charge is -2.33. The van der Waals surface area contributed by atoms with Crippen LogP contribution in [-0.2, 0) is 25.7 Å². The number of piperidine rings is 2. The number of aromatic nitrogens is 3. The molecule has 1 aromatic carbocycles. The molecule has 3 aliphatic rings. The number of rotatable bonds is 5. The number of benzene rings is 1. The number of aliphatic hydroxyl groups excluding tert-OH is 1. The molecule has 2 saturated heterocycles. The van der Waals surface area contributed by atoms with E-state index in [1.54, 1.807) is 18.2 Å². The van der Waals surface area contributed by atoms with Gasteiger partial charge in [0, 0.05) is 24.9 Å². The van der Waals surface area contributed by atoms with E-state index in [2.05, 4.69) is 26.3 Å². The summed E-state index contributed by atoms with van der Waals surface area (Å²) in [6.07, 6.45) is 1.63. The minimum absolute atomic E-state index is 0.0387. The van der Waals surface area contributed by atoms with E-state index in [1.165, 1.54) is 15.8 Å². The molecule has 2 atom stereocenters. The first-order valence-corrected chi connectivity index (χ1v) is 11.2. The maximum Gasteiger partial charge on any atom is 0.274 e. The standard InChI is InChI=1S/C22H21N7O7/c30-10-22(6-5-17(32)24-21(22)36)25-18(33)14-9-29(27-26-14)12-1-2-13-11(7-12)8-28(20(13)35)15-3-4-16(31)23-19(15)34/h1-2,7,9,15,30H,3-6,8,10H2,(H,25,33)(H,23,31,34)(H,24,32,36). The zero-order valence-corrected chi connectivity index (χ0v) is 18.8. The Balaban J connectivity index is 1.32. The minimum Gasteiger partial charge on any atom is -0.393 e. The second-order valence-electron chi connectivity index (χ2n) is 8.86. The van der Waals surface area contributed by atoms with Crippen molar-refractivity contribution < 1.29 is 33.9 Å². The highest BCUT2D eigenvalue weighted by molar-refractivity contribution is 6.06. The van der Waals surface area contributed by atoms with Gasteiger partial charge in [-0.25, -0.2) is 4.68 Å². The number of fused-ring (bicyclic) bond motifs is 1. The first-order valence-electron chi connectivity index (χ1n) is 11.2. The largest absolute Gasteiger partial charge is 0.393 e. The Kier molecular flexibility index (Phi) is 5.59. The molecule has 186 valence electrons. The third-order valence-corrected chi connectivity index (χ3v) is 6.59. The quantitative estimate of drug-likeness (QED) is 0.337. The Morgan fingerprint density at radius 1 is 1.14 bits per heavy atom. The summed E-state index contributed by atoms with van der Waals surface area (Å²) in [6, 6.07) is 4.14. The molecule has 2 aromatic rings. The first-order chi connectivity index (χ1) is 17.2. The minimum atomic E-state index is -1.65. The van der Waals surface area contributed by atoms with E-state index in [4.69, 9.17) is 0 Å². The predicted molar refractivity (Wildman–Crippen MR) is 117 cm³/mol. The van der Waals surface area contributed by atoms with Crippen molar-refractivity contribution in [3.63, 3.8) is 0 Å². The van der Waals surface area contributed by atoms with Crippen LogP contribution < -0.4 is 16.0 Å².